The summed E-state index contributed by atoms with van der Waals surface area (Å²) in [5, 5.41) is 6.51. The predicted octanol–water partition coefficient (Wildman–Crippen LogP) is 4.92. The highest BCUT2D eigenvalue weighted by atomic mass is 32.2. The van der Waals surface area contributed by atoms with Crippen LogP contribution in [-0.2, 0) is 21.2 Å². The molecule has 0 saturated heterocycles. The number of sulfonamides is 1. The molecule has 0 unspecified atom stereocenters. The molecule has 0 aliphatic heterocycles. The van der Waals surface area contributed by atoms with Crippen LogP contribution >= 0.6 is 0 Å². The summed E-state index contributed by atoms with van der Waals surface area (Å²) in [5.41, 5.74) is 2.70. The van der Waals surface area contributed by atoms with Crippen molar-refractivity contribution in [3.63, 3.8) is 0 Å². The summed E-state index contributed by atoms with van der Waals surface area (Å²) in [6.07, 6.45) is 0.679. The summed E-state index contributed by atoms with van der Waals surface area (Å²) in [6.45, 7) is 3.44. The molecule has 4 rings (SSSR count). The van der Waals surface area contributed by atoms with Crippen LogP contribution in [0.25, 0.3) is 11.3 Å². The third kappa shape index (κ3) is 5.32. The smallest absolute Gasteiger partial charge is 0.264 e. The fourth-order valence-corrected chi connectivity index (χ4v) is 4.19. The van der Waals surface area contributed by atoms with Crippen molar-refractivity contribution in [2.75, 3.05) is 10.0 Å². The fraction of sp³-hybridized carbons (Fsp3) is 0.167. The van der Waals surface area contributed by atoms with Crippen LogP contribution in [0.15, 0.2) is 80.6 Å². The largest absolute Gasteiger partial charge is 0.461 e. The summed E-state index contributed by atoms with van der Waals surface area (Å²) >= 11 is 0. The molecule has 0 aliphatic carbocycles. The molecular formula is C24H23N3O5S. The van der Waals surface area contributed by atoms with Gasteiger partial charge in [0.15, 0.2) is 0 Å². The first-order valence-corrected chi connectivity index (χ1v) is 11.8. The van der Waals surface area contributed by atoms with E-state index in [9.17, 15) is 13.2 Å². The third-order valence-electron chi connectivity index (χ3n) is 5.15. The first-order chi connectivity index (χ1) is 15.8. The lowest BCUT2D eigenvalue weighted by molar-refractivity contribution is -0.116. The number of hydrogen-bond acceptors (Lipinski definition) is 6. The number of rotatable bonds is 8. The number of anilines is 2. The van der Waals surface area contributed by atoms with Gasteiger partial charge in [-0.1, -0.05) is 35.5 Å². The van der Waals surface area contributed by atoms with E-state index in [2.05, 4.69) is 15.2 Å². The number of carbonyl (C=O) groups is 1. The average Bonchev–Trinajstić information content (AvgIpc) is 3.41. The van der Waals surface area contributed by atoms with E-state index in [4.69, 9.17) is 8.94 Å². The van der Waals surface area contributed by atoms with Crippen molar-refractivity contribution in [1.29, 1.82) is 0 Å². The van der Waals surface area contributed by atoms with Crippen LogP contribution in [0.2, 0.25) is 0 Å². The Bertz CT molecular complexity index is 1360. The highest BCUT2D eigenvalue weighted by molar-refractivity contribution is 7.92. The second-order valence-electron chi connectivity index (χ2n) is 7.53. The van der Waals surface area contributed by atoms with Gasteiger partial charge in [0.2, 0.25) is 11.8 Å². The number of carbonyl (C=O) groups excluding carboxylic acids is 1. The zero-order valence-corrected chi connectivity index (χ0v) is 19.0. The first kappa shape index (κ1) is 22.3. The maximum atomic E-state index is 12.6. The number of nitrogens with zero attached hydrogens (tertiary/aromatic N) is 1. The number of furan rings is 1. The molecule has 0 radical (unpaired) electrons. The Hall–Kier alpha value is -3.85. The lowest BCUT2D eigenvalue weighted by Crippen LogP contribution is -2.14. The molecule has 1 amide bonds. The fourth-order valence-electron chi connectivity index (χ4n) is 3.14. The van der Waals surface area contributed by atoms with Gasteiger partial charge in [-0.3, -0.25) is 4.79 Å². The van der Waals surface area contributed by atoms with Gasteiger partial charge in [-0.25, -0.2) is 13.1 Å². The van der Waals surface area contributed by atoms with Crippen molar-refractivity contribution in [3.8, 4) is 11.3 Å². The monoisotopic (exact) mass is 465 g/mol. The summed E-state index contributed by atoms with van der Waals surface area (Å²) in [7, 11) is -3.84. The summed E-state index contributed by atoms with van der Waals surface area (Å²) in [6, 6.07) is 19.4. The molecule has 0 saturated carbocycles. The van der Waals surface area contributed by atoms with Gasteiger partial charge in [0.1, 0.15) is 11.5 Å². The molecule has 2 heterocycles. The molecule has 0 atom stereocenters. The quantitative estimate of drug-likeness (QED) is 0.382. The first-order valence-electron chi connectivity index (χ1n) is 10.3. The molecule has 0 aliphatic rings. The highest BCUT2D eigenvalue weighted by Crippen LogP contribution is 2.24. The van der Waals surface area contributed by atoms with Crippen LogP contribution in [0.1, 0.15) is 23.4 Å². The van der Waals surface area contributed by atoms with Crippen molar-refractivity contribution >= 4 is 27.5 Å². The van der Waals surface area contributed by atoms with Crippen LogP contribution in [0.5, 0.6) is 0 Å². The molecule has 0 fully saturated rings. The standard InChI is InChI=1S/C24H23N3O5S/c1-16-17(2)26-32-24(16)27-33(29,30)21-12-8-19(9-13-21)25-23(28)15-11-20-10-14-22(31-20)18-6-4-3-5-7-18/h3-10,12-14,27H,11,15H2,1-2H3,(H,25,28). The van der Waals surface area contributed by atoms with Crippen molar-refractivity contribution in [2.24, 2.45) is 0 Å². The van der Waals surface area contributed by atoms with E-state index >= 15 is 0 Å². The number of hydrogen-bond donors (Lipinski definition) is 2. The van der Waals surface area contributed by atoms with Gasteiger partial charge in [-0.2, -0.15) is 0 Å². The zero-order chi connectivity index (χ0) is 23.4. The number of aryl methyl sites for hydroxylation is 2. The topological polar surface area (TPSA) is 114 Å². The Balaban J connectivity index is 1.33. The Kier molecular flexibility index (Phi) is 6.32. The van der Waals surface area contributed by atoms with E-state index in [-0.39, 0.29) is 23.1 Å². The van der Waals surface area contributed by atoms with Crippen molar-refractivity contribution in [2.45, 2.75) is 31.6 Å². The van der Waals surface area contributed by atoms with E-state index in [1.54, 1.807) is 13.8 Å². The molecule has 33 heavy (non-hydrogen) atoms. The second kappa shape index (κ2) is 9.33. The van der Waals surface area contributed by atoms with Crippen molar-refractivity contribution < 1.29 is 22.2 Å². The number of benzene rings is 2. The zero-order valence-electron chi connectivity index (χ0n) is 18.2. The molecule has 2 N–H and O–H groups in total. The van der Waals surface area contributed by atoms with Gasteiger partial charge in [0.25, 0.3) is 10.0 Å². The lowest BCUT2D eigenvalue weighted by atomic mass is 10.2. The minimum atomic E-state index is -3.84. The van der Waals surface area contributed by atoms with E-state index in [0.29, 0.717) is 23.4 Å². The molecule has 8 nitrogen and oxygen atoms in total. The normalized spacial score (nSPS) is 11.3. The second-order valence-corrected chi connectivity index (χ2v) is 9.21. The molecule has 0 spiro atoms. The lowest BCUT2D eigenvalue weighted by Gasteiger charge is -2.08. The molecule has 4 aromatic rings. The van der Waals surface area contributed by atoms with Crippen molar-refractivity contribution in [1.82, 2.24) is 5.16 Å². The molecule has 2 aromatic heterocycles. The van der Waals surface area contributed by atoms with Gasteiger partial charge >= 0.3 is 0 Å². The van der Waals surface area contributed by atoms with Crippen LogP contribution in [0.3, 0.4) is 0 Å². The van der Waals surface area contributed by atoms with Crippen LogP contribution in [0.4, 0.5) is 11.6 Å². The minimum absolute atomic E-state index is 0.0398. The van der Waals surface area contributed by atoms with Gasteiger partial charge in [-0.05, 0) is 50.2 Å². The third-order valence-corrected chi connectivity index (χ3v) is 6.50. The van der Waals surface area contributed by atoms with Crippen LogP contribution in [0, 0.1) is 13.8 Å². The van der Waals surface area contributed by atoms with Crippen molar-refractivity contribution in [3.05, 3.63) is 83.7 Å². The number of amides is 1. The van der Waals surface area contributed by atoms with Gasteiger partial charge in [0.05, 0.1) is 10.6 Å². The summed E-state index contributed by atoms with van der Waals surface area (Å²) in [4.78, 5) is 12.4. The average molecular weight is 466 g/mol. The Labute approximate surface area is 191 Å². The highest BCUT2D eigenvalue weighted by Gasteiger charge is 2.19. The molecular weight excluding hydrogens is 442 g/mol. The minimum Gasteiger partial charge on any atom is -0.461 e. The summed E-state index contributed by atoms with van der Waals surface area (Å²) < 4.78 is 38.3. The molecule has 2 aromatic carbocycles. The van der Waals surface area contributed by atoms with Gasteiger partial charge in [0, 0.05) is 29.7 Å². The number of nitrogens with one attached hydrogen (secondary N) is 2. The predicted molar refractivity (Wildman–Crippen MR) is 124 cm³/mol. The maximum Gasteiger partial charge on any atom is 0.264 e. The van der Waals surface area contributed by atoms with E-state index in [1.807, 2.05) is 42.5 Å². The molecule has 170 valence electrons. The molecule has 9 heteroatoms. The van der Waals surface area contributed by atoms with E-state index < -0.39 is 10.0 Å². The molecule has 0 bridgehead atoms. The SMILES string of the molecule is Cc1noc(NS(=O)(=O)c2ccc(NC(=O)CCc3ccc(-c4ccccc4)o3)cc2)c1C. The van der Waals surface area contributed by atoms with Crippen LogP contribution < -0.4 is 10.0 Å². The van der Waals surface area contributed by atoms with E-state index in [1.165, 1.54) is 24.3 Å². The van der Waals surface area contributed by atoms with Gasteiger partial charge < -0.3 is 14.3 Å². The number of aromatic nitrogens is 1. The van der Waals surface area contributed by atoms with Gasteiger partial charge in [-0.15, -0.1) is 0 Å². The Morgan fingerprint density at radius 1 is 0.970 bits per heavy atom. The Morgan fingerprint density at radius 2 is 1.70 bits per heavy atom. The maximum absolute atomic E-state index is 12.6. The van der Waals surface area contributed by atoms with E-state index in [0.717, 1.165) is 17.1 Å². The van der Waals surface area contributed by atoms with Crippen LogP contribution in [-0.4, -0.2) is 19.5 Å². The Morgan fingerprint density at radius 3 is 2.36 bits per heavy atom. The summed E-state index contributed by atoms with van der Waals surface area (Å²) in [5.74, 6) is 1.36.